The molecule has 0 unspecified atom stereocenters. The maximum Gasteiger partial charge on any atom is 0.346 e. The lowest BCUT2D eigenvalue weighted by atomic mass is 9.69. The normalized spacial score (nSPS) is 38.9. The molecule has 0 N–H and O–H groups in total. The lowest BCUT2D eigenvalue weighted by Crippen LogP contribution is -2.45. The van der Waals surface area contributed by atoms with Crippen molar-refractivity contribution in [2.24, 2.45) is 23.7 Å². The van der Waals surface area contributed by atoms with Gasteiger partial charge in [0.15, 0.2) is 17.1 Å². The molecule has 0 saturated carbocycles. The predicted molar refractivity (Wildman–Crippen MR) is 109 cm³/mol. The maximum absolute atomic E-state index is 13.2. The number of esters is 1. The van der Waals surface area contributed by atoms with Crippen molar-refractivity contribution in [3.63, 3.8) is 0 Å². The summed E-state index contributed by atoms with van der Waals surface area (Å²) in [5.41, 5.74) is 1.17. The standard InChI is InChI=1S/C24H34O4/c1-14-8-7-9-19-12-16(3)18(5)13-24(19)22(27-6)20(23(26)28-24)21(25)17(4)11-15(2)10-14/h11-12,14-15,18-19H,7-10,13H2,1-6H3/b17-11+/t14-,15-,18-,19-,24+/m0/s1. The number of hydrogen-bond donors (Lipinski definition) is 0. The molecule has 4 heteroatoms. The highest BCUT2D eigenvalue weighted by Crippen LogP contribution is 2.50. The van der Waals surface area contributed by atoms with Crippen LogP contribution in [0.2, 0.25) is 0 Å². The van der Waals surface area contributed by atoms with Gasteiger partial charge in [-0.3, -0.25) is 4.79 Å². The van der Waals surface area contributed by atoms with E-state index >= 15 is 0 Å². The third-order valence-corrected chi connectivity index (χ3v) is 6.85. The van der Waals surface area contributed by atoms with Gasteiger partial charge in [0.25, 0.3) is 0 Å². The molecule has 0 aromatic heterocycles. The molecule has 0 amide bonds. The molecule has 0 aromatic carbocycles. The molecule has 5 atom stereocenters. The Bertz CT molecular complexity index is 757. The molecule has 2 bridgehead atoms. The fourth-order valence-electron chi connectivity index (χ4n) is 5.32. The number of Topliss-reactive ketones (excluding diaryl/α,β-unsaturated/α-hetero) is 1. The minimum atomic E-state index is -0.848. The Morgan fingerprint density at radius 2 is 1.82 bits per heavy atom. The highest BCUT2D eigenvalue weighted by molar-refractivity contribution is 6.25. The lowest BCUT2D eigenvalue weighted by Gasteiger charge is -2.42. The molecular weight excluding hydrogens is 352 g/mol. The van der Waals surface area contributed by atoms with Gasteiger partial charge >= 0.3 is 5.97 Å². The topological polar surface area (TPSA) is 52.6 Å². The molecule has 1 aliphatic heterocycles. The Balaban J connectivity index is 2.15. The van der Waals surface area contributed by atoms with Gasteiger partial charge in [0.2, 0.25) is 0 Å². The minimum absolute atomic E-state index is 0.0440. The van der Waals surface area contributed by atoms with Crippen molar-refractivity contribution >= 4 is 11.8 Å². The van der Waals surface area contributed by atoms with Crippen LogP contribution in [0.1, 0.15) is 66.7 Å². The van der Waals surface area contributed by atoms with Crippen molar-refractivity contribution in [3.05, 3.63) is 34.6 Å². The van der Waals surface area contributed by atoms with E-state index in [1.54, 1.807) is 14.0 Å². The summed E-state index contributed by atoms with van der Waals surface area (Å²) in [5, 5.41) is 0. The number of methoxy groups -OCH3 is 1. The highest BCUT2D eigenvalue weighted by Gasteiger charge is 2.57. The summed E-state index contributed by atoms with van der Waals surface area (Å²) in [6, 6.07) is 0. The fourth-order valence-corrected chi connectivity index (χ4v) is 5.32. The Hall–Kier alpha value is -1.84. The van der Waals surface area contributed by atoms with E-state index in [4.69, 9.17) is 9.47 Å². The summed E-state index contributed by atoms with van der Waals surface area (Å²) >= 11 is 0. The first-order chi connectivity index (χ1) is 13.2. The number of hydrogen-bond acceptors (Lipinski definition) is 4. The van der Waals surface area contributed by atoms with Gasteiger partial charge in [-0.15, -0.1) is 0 Å². The molecule has 0 saturated heterocycles. The molecule has 0 fully saturated rings. The van der Waals surface area contributed by atoms with Crippen molar-refractivity contribution in [1.82, 2.24) is 0 Å². The second-order valence-electron chi connectivity index (χ2n) is 9.24. The first-order valence-electron chi connectivity index (χ1n) is 10.6. The number of carbonyl (C=O) groups is 2. The largest absolute Gasteiger partial charge is 0.496 e. The molecule has 3 rings (SSSR count). The average Bonchev–Trinajstić information content (AvgIpc) is 2.89. The van der Waals surface area contributed by atoms with Gasteiger partial charge in [-0.25, -0.2) is 4.79 Å². The monoisotopic (exact) mass is 386 g/mol. The summed E-state index contributed by atoms with van der Waals surface area (Å²) in [5.74, 6) is 0.861. The molecule has 154 valence electrons. The van der Waals surface area contributed by atoms with Crippen LogP contribution in [0, 0.1) is 23.7 Å². The Morgan fingerprint density at radius 1 is 1.11 bits per heavy atom. The van der Waals surface area contributed by atoms with E-state index in [2.05, 4.69) is 33.8 Å². The van der Waals surface area contributed by atoms with Crippen molar-refractivity contribution < 1.29 is 19.1 Å². The maximum atomic E-state index is 13.2. The summed E-state index contributed by atoms with van der Waals surface area (Å²) in [7, 11) is 1.56. The second-order valence-corrected chi connectivity index (χ2v) is 9.24. The first kappa shape index (κ1) is 20.9. The number of rotatable bonds is 1. The number of ketones is 1. The quantitative estimate of drug-likeness (QED) is 0.355. The molecule has 28 heavy (non-hydrogen) atoms. The molecule has 0 aromatic rings. The predicted octanol–water partition coefficient (Wildman–Crippen LogP) is 5.15. The van der Waals surface area contributed by atoms with Gasteiger partial charge in [0.05, 0.1) is 7.11 Å². The Kier molecular flexibility index (Phi) is 5.88. The summed E-state index contributed by atoms with van der Waals surface area (Å²) in [6.07, 6.45) is 9.10. The van der Waals surface area contributed by atoms with Gasteiger partial charge in [-0.2, -0.15) is 0 Å². The summed E-state index contributed by atoms with van der Waals surface area (Å²) in [6.45, 7) is 10.5. The van der Waals surface area contributed by atoms with Gasteiger partial charge in [-0.05, 0) is 50.0 Å². The first-order valence-corrected chi connectivity index (χ1v) is 10.6. The van der Waals surface area contributed by atoms with E-state index < -0.39 is 11.6 Å². The molecule has 1 spiro atoms. The lowest BCUT2D eigenvalue weighted by molar-refractivity contribution is -0.155. The molecule has 3 aliphatic rings. The summed E-state index contributed by atoms with van der Waals surface area (Å²) < 4.78 is 11.8. The van der Waals surface area contributed by atoms with E-state index in [0.29, 0.717) is 29.6 Å². The zero-order chi connectivity index (χ0) is 20.6. The second kappa shape index (κ2) is 7.88. The van der Waals surface area contributed by atoms with Gasteiger partial charge in [0.1, 0.15) is 5.57 Å². The molecule has 4 nitrogen and oxygen atoms in total. The number of carbonyl (C=O) groups excluding carboxylic acids is 2. The van der Waals surface area contributed by atoms with Crippen LogP contribution in [0.15, 0.2) is 34.6 Å². The molecule has 1 heterocycles. The smallest absolute Gasteiger partial charge is 0.346 e. The highest BCUT2D eigenvalue weighted by atomic mass is 16.6. The van der Waals surface area contributed by atoms with E-state index in [-0.39, 0.29) is 23.2 Å². The summed E-state index contributed by atoms with van der Waals surface area (Å²) in [4.78, 5) is 26.1. The average molecular weight is 387 g/mol. The fraction of sp³-hybridized carbons (Fsp3) is 0.667. The Morgan fingerprint density at radius 3 is 2.50 bits per heavy atom. The van der Waals surface area contributed by atoms with Crippen molar-refractivity contribution in [2.45, 2.75) is 72.3 Å². The zero-order valence-electron chi connectivity index (χ0n) is 18.1. The van der Waals surface area contributed by atoms with Crippen LogP contribution in [-0.2, 0) is 19.1 Å². The molecular formula is C24H34O4. The van der Waals surface area contributed by atoms with E-state index in [1.165, 1.54) is 5.57 Å². The van der Waals surface area contributed by atoms with Crippen molar-refractivity contribution in [1.29, 1.82) is 0 Å². The third-order valence-electron chi connectivity index (χ3n) is 6.85. The van der Waals surface area contributed by atoms with Gasteiger partial charge in [-0.1, -0.05) is 51.3 Å². The number of allylic oxidation sites excluding steroid dienone is 3. The van der Waals surface area contributed by atoms with Gasteiger partial charge in [0, 0.05) is 12.3 Å². The SMILES string of the molecule is COC1=C2C(=O)O[C@@]13C[C@H](C)C(C)=C[C@@H]3CCC[C@H](C)C[C@H](C)/C=C(\C)C2=O. The van der Waals surface area contributed by atoms with Crippen molar-refractivity contribution in [2.75, 3.05) is 7.11 Å². The van der Waals surface area contributed by atoms with Crippen LogP contribution in [-0.4, -0.2) is 24.5 Å². The van der Waals surface area contributed by atoms with Crippen LogP contribution in [0.25, 0.3) is 0 Å². The van der Waals surface area contributed by atoms with Crippen LogP contribution in [0.4, 0.5) is 0 Å². The molecule has 0 radical (unpaired) electrons. The van der Waals surface area contributed by atoms with Gasteiger partial charge < -0.3 is 9.47 Å². The van der Waals surface area contributed by atoms with E-state index in [1.807, 2.05) is 6.08 Å². The van der Waals surface area contributed by atoms with E-state index in [9.17, 15) is 9.59 Å². The van der Waals surface area contributed by atoms with Crippen LogP contribution in [0.3, 0.4) is 0 Å². The zero-order valence-corrected chi connectivity index (χ0v) is 18.1. The van der Waals surface area contributed by atoms with Crippen LogP contribution >= 0.6 is 0 Å². The van der Waals surface area contributed by atoms with Crippen molar-refractivity contribution in [3.8, 4) is 0 Å². The van der Waals surface area contributed by atoms with Crippen LogP contribution in [0.5, 0.6) is 0 Å². The Labute approximate surface area is 169 Å². The minimum Gasteiger partial charge on any atom is -0.496 e. The third kappa shape index (κ3) is 3.58. The van der Waals surface area contributed by atoms with Crippen LogP contribution < -0.4 is 0 Å². The molecule has 2 aliphatic carbocycles. The van der Waals surface area contributed by atoms with E-state index in [0.717, 1.165) is 25.7 Å². The number of ether oxygens (including phenoxy) is 2.